The number of aromatic nitrogens is 1. The van der Waals surface area contributed by atoms with Crippen LogP contribution in [0.4, 0.5) is 10.7 Å². The highest BCUT2D eigenvalue weighted by atomic mass is 16.6. The first kappa shape index (κ1) is 19.5. The Bertz CT molecular complexity index is 760. The zero-order valence-corrected chi connectivity index (χ0v) is 15.8. The molecule has 0 unspecified atom stereocenters. The Labute approximate surface area is 153 Å². The SMILES string of the molecule is CCc1ccc(-c2cc(NC(=O)CN(C)C(=O)OC(C)(C)C)on2)cc1. The van der Waals surface area contributed by atoms with Crippen molar-refractivity contribution < 1.29 is 18.8 Å². The normalized spacial score (nSPS) is 11.1. The van der Waals surface area contributed by atoms with E-state index in [-0.39, 0.29) is 12.4 Å². The molecule has 1 N–H and O–H groups in total. The summed E-state index contributed by atoms with van der Waals surface area (Å²) in [7, 11) is 1.49. The molecule has 0 radical (unpaired) electrons. The largest absolute Gasteiger partial charge is 0.444 e. The molecule has 0 aliphatic heterocycles. The van der Waals surface area contributed by atoms with E-state index in [1.165, 1.54) is 17.5 Å². The van der Waals surface area contributed by atoms with Crippen LogP contribution in [0, 0.1) is 0 Å². The van der Waals surface area contributed by atoms with E-state index in [4.69, 9.17) is 9.26 Å². The van der Waals surface area contributed by atoms with Gasteiger partial charge in [-0.1, -0.05) is 36.3 Å². The molecular formula is C19H25N3O4. The molecule has 1 heterocycles. The van der Waals surface area contributed by atoms with Gasteiger partial charge in [0, 0.05) is 18.7 Å². The molecule has 26 heavy (non-hydrogen) atoms. The van der Waals surface area contributed by atoms with Gasteiger partial charge in [-0.2, -0.15) is 0 Å². The fraction of sp³-hybridized carbons (Fsp3) is 0.421. The molecule has 1 aromatic heterocycles. The number of rotatable bonds is 5. The molecule has 0 fully saturated rings. The summed E-state index contributed by atoms with van der Waals surface area (Å²) in [5.41, 5.74) is 2.14. The van der Waals surface area contributed by atoms with Crippen LogP contribution in [-0.4, -0.2) is 41.3 Å². The predicted octanol–water partition coefficient (Wildman–Crippen LogP) is 3.71. The predicted molar refractivity (Wildman–Crippen MR) is 98.8 cm³/mol. The number of nitrogens with zero attached hydrogens (tertiary/aromatic N) is 2. The van der Waals surface area contributed by atoms with Gasteiger partial charge in [-0.25, -0.2) is 4.79 Å². The van der Waals surface area contributed by atoms with Gasteiger partial charge >= 0.3 is 6.09 Å². The van der Waals surface area contributed by atoms with Crippen molar-refractivity contribution in [1.29, 1.82) is 0 Å². The number of ether oxygens (including phenoxy) is 1. The van der Waals surface area contributed by atoms with E-state index in [2.05, 4.69) is 17.4 Å². The highest BCUT2D eigenvalue weighted by Gasteiger charge is 2.21. The first-order chi connectivity index (χ1) is 12.2. The van der Waals surface area contributed by atoms with E-state index in [1.807, 2.05) is 24.3 Å². The number of aryl methyl sites for hydroxylation is 1. The van der Waals surface area contributed by atoms with Gasteiger partial charge in [0.1, 0.15) is 17.8 Å². The zero-order chi connectivity index (χ0) is 19.3. The Balaban J connectivity index is 1.93. The lowest BCUT2D eigenvalue weighted by Crippen LogP contribution is -2.38. The Morgan fingerprint density at radius 1 is 1.23 bits per heavy atom. The van der Waals surface area contributed by atoms with Crippen molar-refractivity contribution in [2.45, 2.75) is 39.7 Å². The van der Waals surface area contributed by atoms with Crippen molar-refractivity contribution in [1.82, 2.24) is 10.1 Å². The first-order valence-electron chi connectivity index (χ1n) is 8.48. The quantitative estimate of drug-likeness (QED) is 0.880. The lowest BCUT2D eigenvalue weighted by molar-refractivity contribution is -0.117. The van der Waals surface area contributed by atoms with Gasteiger partial charge in [0.05, 0.1) is 0 Å². The number of nitrogens with one attached hydrogen (secondary N) is 1. The number of amides is 2. The van der Waals surface area contributed by atoms with Crippen molar-refractivity contribution in [3.8, 4) is 11.3 Å². The Hall–Kier alpha value is -2.83. The van der Waals surface area contributed by atoms with E-state index in [1.54, 1.807) is 26.8 Å². The first-order valence-corrected chi connectivity index (χ1v) is 8.48. The van der Waals surface area contributed by atoms with Crippen LogP contribution in [0.3, 0.4) is 0 Å². The highest BCUT2D eigenvalue weighted by molar-refractivity contribution is 5.93. The summed E-state index contributed by atoms with van der Waals surface area (Å²) >= 11 is 0. The number of anilines is 1. The van der Waals surface area contributed by atoms with Crippen molar-refractivity contribution in [2.24, 2.45) is 0 Å². The van der Waals surface area contributed by atoms with Crippen molar-refractivity contribution in [3.63, 3.8) is 0 Å². The maximum atomic E-state index is 12.1. The highest BCUT2D eigenvalue weighted by Crippen LogP contribution is 2.22. The van der Waals surface area contributed by atoms with Crippen molar-refractivity contribution in [2.75, 3.05) is 18.9 Å². The Morgan fingerprint density at radius 3 is 2.46 bits per heavy atom. The molecule has 0 aliphatic rings. The molecule has 140 valence electrons. The molecule has 2 rings (SSSR count). The number of benzene rings is 1. The van der Waals surface area contributed by atoms with Crippen LogP contribution in [0.1, 0.15) is 33.3 Å². The summed E-state index contributed by atoms with van der Waals surface area (Å²) in [5.74, 6) is -0.176. The van der Waals surface area contributed by atoms with Crippen molar-refractivity contribution >= 4 is 17.9 Å². The molecule has 0 aliphatic carbocycles. The van der Waals surface area contributed by atoms with Gasteiger partial charge in [0.25, 0.3) is 0 Å². The number of carbonyl (C=O) groups excluding carboxylic acids is 2. The third kappa shape index (κ3) is 5.61. The number of carbonyl (C=O) groups is 2. The van der Waals surface area contributed by atoms with Crippen LogP contribution < -0.4 is 5.32 Å². The summed E-state index contributed by atoms with van der Waals surface area (Å²) in [4.78, 5) is 25.1. The molecular weight excluding hydrogens is 334 g/mol. The maximum absolute atomic E-state index is 12.1. The fourth-order valence-corrected chi connectivity index (χ4v) is 2.18. The maximum Gasteiger partial charge on any atom is 0.410 e. The van der Waals surface area contributed by atoms with E-state index in [9.17, 15) is 9.59 Å². The smallest absolute Gasteiger partial charge is 0.410 e. The second kappa shape index (κ2) is 8.03. The zero-order valence-electron chi connectivity index (χ0n) is 15.8. The Morgan fingerprint density at radius 2 is 1.88 bits per heavy atom. The minimum atomic E-state index is -0.616. The van der Waals surface area contributed by atoms with Crippen LogP contribution >= 0.6 is 0 Å². The Kier molecular flexibility index (Phi) is 6.02. The third-order valence-corrected chi connectivity index (χ3v) is 3.52. The monoisotopic (exact) mass is 359 g/mol. The average Bonchev–Trinajstić information content (AvgIpc) is 3.01. The second-order valence-corrected chi connectivity index (χ2v) is 7.01. The van der Waals surface area contributed by atoms with Crippen LogP contribution in [0.15, 0.2) is 34.9 Å². The standard InChI is InChI=1S/C19H25N3O4/c1-6-13-7-9-14(10-8-13)15-11-17(26-21-15)20-16(23)12-22(5)18(24)25-19(2,3)4/h7-11H,6,12H2,1-5H3,(H,20,23). The minimum Gasteiger partial charge on any atom is -0.444 e. The second-order valence-electron chi connectivity index (χ2n) is 7.01. The molecule has 2 aromatic rings. The lowest BCUT2D eigenvalue weighted by Gasteiger charge is -2.24. The van der Waals surface area contributed by atoms with Crippen molar-refractivity contribution in [3.05, 3.63) is 35.9 Å². The summed E-state index contributed by atoms with van der Waals surface area (Å²) in [6.07, 6.45) is 0.396. The van der Waals surface area contributed by atoms with Crippen LogP contribution in [0.5, 0.6) is 0 Å². The fourth-order valence-electron chi connectivity index (χ4n) is 2.18. The third-order valence-electron chi connectivity index (χ3n) is 3.52. The van der Waals surface area contributed by atoms with Gasteiger partial charge in [0.15, 0.2) is 0 Å². The molecule has 0 spiro atoms. The summed E-state index contributed by atoms with van der Waals surface area (Å²) in [6.45, 7) is 7.23. The molecule has 0 saturated carbocycles. The number of hydrogen-bond donors (Lipinski definition) is 1. The van der Waals surface area contributed by atoms with Gasteiger partial charge in [-0.3, -0.25) is 10.1 Å². The van der Waals surface area contributed by atoms with E-state index >= 15 is 0 Å². The molecule has 0 atom stereocenters. The van der Waals surface area contributed by atoms with E-state index < -0.39 is 17.6 Å². The van der Waals surface area contributed by atoms with Crippen LogP contribution in [0.25, 0.3) is 11.3 Å². The van der Waals surface area contributed by atoms with Crippen LogP contribution in [-0.2, 0) is 16.0 Å². The average molecular weight is 359 g/mol. The van der Waals surface area contributed by atoms with Gasteiger partial charge in [-0.05, 0) is 32.8 Å². The molecule has 1 aromatic carbocycles. The van der Waals surface area contributed by atoms with Gasteiger partial charge < -0.3 is 14.2 Å². The summed E-state index contributed by atoms with van der Waals surface area (Å²) in [6, 6.07) is 9.61. The van der Waals surface area contributed by atoms with Crippen LogP contribution in [0.2, 0.25) is 0 Å². The van der Waals surface area contributed by atoms with E-state index in [0.29, 0.717) is 5.69 Å². The number of hydrogen-bond acceptors (Lipinski definition) is 5. The molecule has 2 amide bonds. The molecule has 0 saturated heterocycles. The topological polar surface area (TPSA) is 84.7 Å². The summed E-state index contributed by atoms with van der Waals surface area (Å²) < 4.78 is 10.4. The summed E-state index contributed by atoms with van der Waals surface area (Å²) in [5, 5.41) is 6.55. The van der Waals surface area contributed by atoms with E-state index in [0.717, 1.165) is 12.0 Å². The molecule has 7 heteroatoms. The van der Waals surface area contributed by atoms with Gasteiger partial charge in [-0.15, -0.1) is 0 Å². The van der Waals surface area contributed by atoms with Gasteiger partial charge in [0.2, 0.25) is 11.8 Å². The molecule has 0 bridgehead atoms. The number of likely N-dealkylation sites (N-methyl/N-ethyl adjacent to an activating group) is 1. The molecule has 7 nitrogen and oxygen atoms in total. The lowest BCUT2D eigenvalue weighted by atomic mass is 10.1. The minimum absolute atomic E-state index is 0.157.